The van der Waals surface area contributed by atoms with E-state index < -0.39 is 0 Å². The van der Waals surface area contributed by atoms with Gasteiger partial charge in [-0.2, -0.15) is 0 Å². The van der Waals surface area contributed by atoms with Crippen molar-refractivity contribution in [2.45, 2.75) is 65.8 Å². The lowest BCUT2D eigenvalue weighted by Crippen LogP contribution is -3.00. The van der Waals surface area contributed by atoms with E-state index in [2.05, 4.69) is 51.1 Å². The predicted molar refractivity (Wildman–Crippen MR) is 89.7 cm³/mol. The Hall–Kier alpha value is -0.530. The van der Waals surface area contributed by atoms with Crippen LogP contribution in [0.1, 0.15) is 64.9 Å². The first-order chi connectivity index (χ1) is 9.76. The zero-order valence-electron chi connectivity index (χ0n) is 14.3. The van der Waals surface area contributed by atoms with Crippen molar-refractivity contribution in [1.82, 2.24) is 0 Å². The third-order valence-corrected chi connectivity index (χ3v) is 4.69. The third-order valence-electron chi connectivity index (χ3n) is 4.69. The van der Waals surface area contributed by atoms with Gasteiger partial charge in [-0.25, -0.2) is 0 Å². The fourth-order valence-electron chi connectivity index (χ4n) is 3.04. The van der Waals surface area contributed by atoms with Crippen molar-refractivity contribution in [1.29, 1.82) is 0 Å². The average Bonchev–Trinajstić information content (AvgIpc) is 2.50. The number of hydrogen-bond donors (Lipinski definition) is 0. The maximum absolute atomic E-state index is 2.35. The van der Waals surface area contributed by atoms with Crippen molar-refractivity contribution in [3.63, 3.8) is 0 Å². The molecule has 0 spiro atoms. The highest BCUT2D eigenvalue weighted by atomic mass is 35.5. The monoisotopic (exact) mass is 311 g/mol. The molecule has 0 saturated carbocycles. The second-order valence-corrected chi connectivity index (χ2v) is 6.11. The number of quaternary nitrogens is 1. The second-order valence-electron chi connectivity index (χ2n) is 6.11. The molecule has 1 nitrogen and oxygen atoms in total. The topological polar surface area (TPSA) is 0 Å². The van der Waals surface area contributed by atoms with Crippen molar-refractivity contribution in [3.8, 4) is 0 Å². The van der Waals surface area contributed by atoms with Crippen LogP contribution in [0.5, 0.6) is 0 Å². The van der Waals surface area contributed by atoms with Gasteiger partial charge in [0.15, 0.2) is 0 Å². The number of nitrogens with zero attached hydrogens (tertiary/aromatic N) is 1. The highest BCUT2D eigenvalue weighted by molar-refractivity contribution is 5.13. The molecule has 0 aliphatic rings. The van der Waals surface area contributed by atoms with Crippen LogP contribution in [-0.4, -0.2) is 24.1 Å². The average molecular weight is 312 g/mol. The summed E-state index contributed by atoms with van der Waals surface area (Å²) >= 11 is 0. The summed E-state index contributed by atoms with van der Waals surface area (Å²) in [6.45, 7) is 12.0. The highest BCUT2D eigenvalue weighted by Gasteiger charge is 2.22. The van der Waals surface area contributed by atoms with Gasteiger partial charge in [-0.3, -0.25) is 0 Å². The van der Waals surface area contributed by atoms with Gasteiger partial charge in [0.2, 0.25) is 0 Å². The SMILES string of the molecule is CCCCCCCC[N+](CC)(CC)Cc1ccccc1.[Cl-]. The first-order valence-corrected chi connectivity index (χ1v) is 8.65. The van der Waals surface area contributed by atoms with Gasteiger partial charge in [-0.1, -0.05) is 62.9 Å². The highest BCUT2D eigenvalue weighted by Crippen LogP contribution is 2.17. The Bertz CT molecular complexity index is 333. The Labute approximate surface area is 138 Å². The molecule has 0 radical (unpaired) electrons. The lowest BCUT2D eigenvalue weighted by molar-refractivity contribution is -0.938. The normalized spacial score (nSPS) is 11.2. The van der Waals surface area contributed by atoms with E-state index in [0.29, 0.717) is 0 Å². The Kier molecular flexibility index (Phi) is 11.8. The lowest BCUT2D eigenvalue weighted by Gasteiger charge is -2.37. The second kappa shape index (κ2) is 12.1. The zero-order chi connectivity index (χ0) is 14.7. The molecular weight excluding hydrogens is 278 g/mol. The summed E-state index contributed by atoms with van der Waals surface area (Å²) in [5.41, 5.74) is 1.49. The van der Waals surface area contributed by atoms with Crippen molar-refractivity contribution >= 4 is 0 Å². The summed E-state index contributed by atoms with van der Waals surface area (Å²) in [7, 11) is 0. The molecule has 0 aliphatic heterocycles. The van der Waals surface area contributed by atoms with Crippen LogP contribution >= 0.6 is 0 Å². The van der Waals surface area contributed by atoms with Crippen molar-refractivity contribution in [3.05, 3.63) is 35.9 Å². The molecule has 0 bridgehead atoms. The molecule has 1 aromatic rings. The fourth-order valence-corrected chi connectivity index (χ4v) is 3.04. The standard InChI is InChI=1S/C19H34N.ClH/c1-4-7-8-9-10-14-17-20(5-2,6-3)18-19-15-12-11-13-16-19;/h11-13,15-16H,4-10,14,17-18H2,1-3H3;1H/q+1;/p-1. The zero-order valence-corrected chi connectivity index (χ0v) is 15.0. The van der Waals surface area contributed by atoms with Crippen molar-refractivity contribution < 1.29 is 16.9 Å². The third kappa shape index (κ3) is 7.87. The van der Waals surface area contributed by atoms with E-state index in [-0.39, 0.29) is 12.4 Å². The van der Waals surface area contributed by atoms with Gasteiger partial charge in [0.1, 0.15) is 6.54 Å². The van der Waals surface area contributed by atoms with Crippen LogP contribution in [0.4, 0.5) is 0 Å². The summed E-state index contributed by atoms with van der Waals surface area (Å²) < 4.78 is 1.25. The quantitative estimate of drug-likeness (QED) is 0.435. The Morgan fingerprint density at radius 3 is 1.90 bits per heavy atom. The van der Waals surface area contributed by atoms with Gasteiger partial charge >= 0.3 is 0 Å². The van der Waals surface area contributed by atoms with E-state index in [9.17, 15) is 0 Å². The van der Waals surface area contributed by atoms with Gasteiger partial charge < -0.3 is 16.9 Å². The first-order valence-electron chi connectivity index (χ1n) is 8.65. The van der Waals surface area contributed by atoms with Crippen molar-refractivity contribution in [2.24, 2.45) is 0 Å². The summed E-state index contributed by atoms with van der Waals surface area (Å²) in [6.07, 6.45) is 8.40. The Morgan fingerprint density at radius 1 is 0.762 bits per heavy atom. The molecule has 0 fully saturated rings. The van der Waals surface area contributed by atoms with Crippen LogP contribution in [0.3, 0.4) is 0 Å². The molecule has 0 unspecified atom stereocenters. The van der Waals surface area contributed by atoms with Crippen LogP contribution in [-0.2, 0) is 6.54 Å². The molecule has 0 atom stereocenters. The maximum atomic E-state index is 2.35. The van der Waals surface area contributed by atoms with Crippen LogP contribution in [0, 0.1) is 0 Å². The van der Waals surface area contributed by atoms with Crippen LogP contribution in [0.2, 0.25) is 0 Å². The Balaban J connectivity index is 0.00000400. The van der Waals surface area contributed by atoms with Gasteiger partial charge in [0.05, 0.1) is 19.6 Å². The summed E-state index contributed by atoms with van der Waals surface area (Å²) in [6, 6.07) is 11.0. The van der Waals surface area contributed by atoms with Crippen LogP contribution in [0.15, 0.2) is 30.3 Å². The number of unbranched alkanes of at least 4 members (excludes halogenated alkanes) is 5. The molecular formula is C19H34ClN. The van der Waals surface area contributed by atoms with E-state index >= 15 is 0 Å². The summed E-state index contributed by atoms with van der Waals surface area (Å²) in [5.74, 6) is 0. The molecule has 122 valence electrons. The van der Waals surface area contributed by atoms with Gasteiger partial charge in [-0.15, -0.1) is 0 Å². The fraction of sp³-hybridized carbons (Fsp3) is 0.684. The minimum atomic E-state index is 0. The molecule has 1 rings (SSSR count). The largest absolute Gasteiger partial charge is 1.00 e. The molecule has 0 amide bonds. The molecule has 21 heavy (non-hydrogen) atoms. The van der Waals surface area contributed by atoms with Gasteiger partial charge in [0, 0.05) is 5.56 Å². The molecule has 0 saturated heterocycles. The van der Waals surface area contributed by atoms with Gasteiger partial charge in [0.25, 0.3) is 0 Å². The van der Waals surface area contributed by atoms with Crippen molar-refractivity contribution in [2.75, 3.05) is 19.6 Å². The molecule has 2 heteroatoms. The minimum Gasteiger partial charge on any atom is -1.00 e. The number of hydrogen-bond acceptors (Lipinski definition) is 0. The number of halogens is 1. The minimum absolute atomic E-state index is 0. The van der Waals surface area contributed by atoms with Gasteiger partial charge in [-0.05, 0) is 26.7 Å². The van der Waals surface area contributed by atoms with E-state index in [1.807, 2.05) is 0 Å². The molecule has 0 aliphatic carbocycles. The molecule has 0 heterocycles. The number of benzene rings is 1. The van der Waals surface area contributed by atoms with Crippen LogP contribution < -0.4 is 12.4 Å². The van der Waals surface area contributed by atoms with E-state index in [0.717, 1.165) is 0 Å². The van der Waals surface area contributed by atoms with E-state index in [1.54, 1.807) is 0 Å². The lowest BCUT2D eigenvalue weighted by atomic mass is 10.1. The summed E-state index contributed by atoms with van der Waals surface area (Å²) in [4.78, 5) is 0. The van der Waals surface area contributed by atoms with Crippen LogP contribution in [0.25, 0.3) is 0 Å². The van der Waals surface area contributed by atoms with E-state index in [4.69, 9.17) is 0 Å². The molecule has 0 N–H and O–H groups in total. The number of rotatable bonds is 11. The summed E-state index contributed by atoms with van der Waals surface area (Å²) in [5, 5.41) is 0. The predicted octanol–water partition coefficient (Wildman–Crippen LogP) is 2.41. The first kappa shape index (κ1) is 20.5. The van der Waals surface area contributed by atoms with E-state index in [1.165, 1.54) is 74.8 Å². The Morgan fingerprint density at radius 2 is 1.33 bits per heavy atom. The maximum Gasteiger partial charge on any atom is 0.104 e. The smallest absolute Gasteiger partial charge is 0.104 e. The molecule has 1 aromatic carbocycles. The molecule has 0 aromatic heterocycles.